The molecule has 2 unspecified atom stereocenters. The van der Waals surface area contributed by atoms with Crippen molar-refractivity contribution in [2.24, 2.45) is 0 Å². The largest absolute Gasteiger partial charge is 0.313 e. The Morgan fingerprint density at radius 1 is 1.26 bits per heavy atom. The van der Waals surface area contributed by atoms with Crippen LogP contribution in [-0.4, -0.2) is 30.1 Å². The minimum Gasteiger partial charge on any atom is -0.313 e. The molecule has 1 saturated heterocycles. The van der Waals surface area contributed by atoms with Gasteiger partial charge in [0.25, 0.3) is 0 Å². The van der Waals surface area contributed by atoms with Crippen LogP contribution in [0.15, 0.2) is 24.3 Å². The molecule has 0 bridgehead atoms. The van der Waals surface area contributed by atoms with E-state index in [4.69, 9.17) is 0 Å². The first-order valence-corrected chi connectivity index (χ1v) is 7.73. The maximum Gasteiger partial charge on any atom is 0.0250 e. The Labute approximate surface area is 118 Å². The predicted molar refractivity (Wildman–Crippen MR) is 82.4 cm³/mol. The third-order valence-corrected chi connectivity index (χ3v) is 4.27. The predicted octanol–water partition coefficient (Wildman–Crippen LogP) is 3.35. The molecule has 19 heavy (non-hydrogen) atoms. The smallest absolute Gasteiger partial charge is 0.0250 e. The van der Waals surface area contributed by atoms with Crippen LogP contribution in [0.3, 0.4) is 0 Å². The number of nitrogens with zero attached hydrogens (tertiary/aromatic N) is 1. The van der Waals surface area contributed by atoms with Crippen molar-refractivity contribution in [1.29, 1.82) is 0 Å². The molecule has 106 valence electrons. The third kappa shape index (κ3) is 4.05. The molecule has 1 N–H and O–H groups in total. The monoisotopic (exact) mass is 260 g/mol. The van der Waals surface area contributed by atoms with Gasteiger partial charge in [-0.25, -0.2) is 0 Å². The quantitative estimate of drug-likeness (QED) is 0.873. The van der Waals surface area contributed by atoms with Gasteiger partial charge >= 0.3 is 0 Å². The number of piperidine rings is 1. The molecule has 1 fully saturated rings. The average Bonchev–Trinajstić information content (AvgIpc) is 2.42. The first-order chi connectivity index (χ1) is 9.20. The van der Waals surface area contributed by atoms with Gasteiger partial charge in [-0.1, -0.05) is 43.2 Å². The summed E-state index contributed by atoms with van der Waals surface area (Å²) in [7, 11) is 0. The minimum absolute atomic E-state index is 0.593. The summed E-state index contributed by atoms with van der Waals surface area (Å²) in [6.07, 6.45) is 4.06. The van der Waals surface area contributed by atoms with Gasteiger partial charge in [0.15, 0.2) is 0 Å². The van der Waals surface area contributed by atoms with Gasteiger partial charge in [0.05, 0.1) is 0 Å². The van der Waals surface area contributed by atoms with E-state index in [0.717, 1.165) is 13.1 Å². The highest BCUT2D eigenvalue weighted by Gasteiger charge is 2.26. The lowest BCUT2D eigenvalue weighted by Gasteiger charge is -2.39. The number of nitrogens with one attached hydrogen (secondary N) is 1. The van der Waals surface area contributed by atoms with Crippen molar-refractivity contribution in [2.45, 2.75) is 58.7 Å². The minimum atomic E-state index is 0.593. The van der Waals surface area contributed by atoms with Gasteiger partial charge in [0.1, 0.15) is 0 Å². The van der Waals surface area contributed by atoms with Crippen LogP contribution < -0.4 is 5.32 Å². The zero-order valence-electron chi connectivity index (χ0n) is 12.7. The van der Waals surface area contributed by atoms with Crippen LogP contribution in [0.25, 0.3) is 0 Å². The van der Waals surface area contributed by atoms with E-state index in [-0.39, 0.29) is 0 Å². The Morgan fingerprint density at radius 2 is 2.00 bits per heavy atom. The average molecular weight is 260 g/mol. The first-order valence-electron chi connectivity index (χ1n) is 7.73. The van der Waals surface area contributed by atoms with Gasteiger partial charge in [-0.05, 0) is 45.3 Å². The van der Waals surface area contributed by atoms with E-state index in [9.17, 15) is 0 Å². The van der Waals surface area contributed by atoms with Gasteiger partial charge in [-0.15, -0.1) is 0 Å². The molecule has 2 nitrogen and oxygen atoms in total. The number of hydrogen-bond donors (Lipinski definition) is 1. The Bertz CT molecular complexity index is 371. The van der Waals surface area contributed by atoms with E-state index in [0.29, 0.717) is 12.1 Å². The standard InChI is InChI=1S/C17H28N2/c1-4-18-15(3)17-7-5-6-12-19(17)13-16-10-8-14(2)9-11-16/h8-11,15,17-18H,4-7,12-13H2,1-3H3. The second kappa shape index (κ2) is 7.06. The van der Waals surface area contributed by atoms with E-state index < -0.39 is 0 Å². The SMILES string of the molecule is CCNC(C)C1CCCCN1Cc1ccc(C)cc1. The molecule has 1 aromatic carbocycles. The fraction of sp³-hybridized carbons (Fsp3) is 0.647. The number of likely N-dealkylation sites (tertiary alicyclic amines) is 1. The van der Waals surface area contributed by atoms with E-state index in [1.165, 1.54) is 36.9 Å². The van der Waals surface area contributed by atoms with Crippen molar-refractivity contribution in [2.75, 3.05) is 13.1 Å². The number of benzene rings is 1. The maximum atomic E-state index is 3.60. The van der Waals surface area contributed by atoms with Crippen LogP contribution in [-0.2, 0) is 6.54 Å². The lowest BCUT2D eigenvalue weighted by Crippen LogP contribution is -2.50. The highest BCUT2D eigenvalue weighted by atomic mass is 15.2. The zero-order valence-corrected chi connectivity index (χ0v) is 12.7. The second-order valence-electron chi connectivity index (χ2n) is 5.87. The Hall–Kier alpha value is -0.860. The van der Waals surface area contributed by atoms with E-state index in [1.807, 2.05) is 0 Å². The van der Waals surface area contributed by atoms with Crippen LogP contribution >= 0.6 is 0 Å². The highest BCUT2D eigenvalue weighted by Crippen LogP contribution is 2.22. The van der Waals surface area contributed by atoms with Gasteiger partial charge in [0.2, 0.25) is 0 Å². The second-order valence-corrected chi connectivity index (χ2v) is 5.87. The van der Waals surface area contributed by atoms with Crippen molar-refractivity contribution in [1.82, 2.24) is 10.2 Å². The number of hydrogen-bond acceptors (Lipinski definition) is 2. The normalized spacial score (nSPS) is 22.4. The van der Waals surface area contributed by atoms with Gasteiger partial charge < -0.3 is 5.32 Å². The molecule has 0 saturated carbocycles. The Balaban J connectivity index is 2.00. The first kappa shape index (κ1) is 14.5. The molecule has 1 heterocycles. The summed E-state index contributed by atoms with van der Waals surface area (Å²) in [6, 6.07) is 10.3. The van der Waals surface area contributed by atoms with Crippen LogP contribution in [0.1, 0.15) is 44.2 Å². The van der Waals surface area contributed by atoms with Crippen molar-refractivity contribution in [3.8, 4) is 0 Å². The number of aryl methyl sites for hydroxylation is 1. The summed E-state index contributed by atoms with van der Waals surface area (Å²) >= 11 is 0. The molecule has 1 aromatic rings. The molecule has 0 amide bonds. The Kier molecular flexibility index (Phi) is 5.41. The molecule has 1 aliphatic rings. The van der Waals surface area contributed by atoms with E-state index >= 15 is 0 Å². The highest BCUT2D eigenvalue weighted by molar-refractivity contribution is 5.21. The van der Waals surface area contributed by atoms with Crippen LogP contribution in [0.5, 0.6) is 0 Å². The summed E-state index contributed by atoms with van der Waals surface area (Å²) in [5, 5.41) is 3.60. The fourth-order valence-electron chi connectivity index (χ4n) is 3.17. The van der Waals surface area contributed by atoms with E-state index in [1.54, 1.807) is 0 Å². The lowest BCUT2D eigenvalue weighted by atomic mass is 9.95. The van der Waals surface area contributed by atoms with Crippen LogP contribution in [0.4, 0.5) is 0 Å². The van der Waals surface area contributed by atoms with Crippen molar-refractivity contribution in [3.63, 3.8) is 0 Å². The Morgan fingerprint density at radius 3 is 2.68 bits per heavy atom. The van der Waals surface area contributed by atoms with Gasteiger partial charge in [-0.2, -0.15) is 0 Å². The number of rotatable bonds is 5. The summed E-state index contributed by atoms with van der Waals surface area (Å²) in [6.45, 7) is 10.1. The summed E-state index contributed by atoms with van der Waals surface area (Å²) < 4.78 is 0. The summed E-state index contributed by atoms with van der Waals surface area (Å²) in [4.78, 5) is 2.67. The van der Waals surface area contributed by atoms with Crippen molar-refractivity contribution >= 4 is 0 Å². The molecule has 0 aliphatic carbocycles. The molecule has 2 rings (SSSR count). The van der Waals surface area contributed by atoms with Crippen LogP contribution in [0.2, 0.25) is 0 Å². The molecule has 0 spiro atoms. The third-order valence-electron chi connectivity index (χ3n) is 4.27. The lowest BCUT2D eigenvalue weighted by molar-refractivity contribution is 0.112. The van der Waals surface area contributed by atoms with E-state index in [2.05, 4.69) is 55.3 Å². The fourth-order valence-corrected chi connectivity index (χ4v) is 3.17. The molecular formula is C17H28N2. The molecule has 2 atom stereocenters. The van der Waals surface area contributed by atoms with Crippen molar-refractivity contribution in [3.05, 3.63) is 35.4 Å². The summed E-state index contributed by atoms with van der Waals surface area (Å²) in [5.41, 5.74) is 2.79. The molecule has 1 aliphatic heterocycles. The molecule has 0 aromatic heterocycles. The van der Waals surface area contributed by atoms with Crippen LogP contribution in [0, 0.1) is 6.92 Å². The maximum absolute atomic E-state index is 3.60. The van der Waals surface area contributed by atoms with Gasteiger partial charge in [0, 0.05) is 18.6 Å². The summed E-state index contributed by atoms with van der Waals surface area (Å²) in [5.74, 6) is 0. The topological polar surface area (TPSA) is 15.3 Å². The van der Waals surface area contributed by atoms with Gasteiger partial charge in [-0.3, -0.25) is 4.90 Å². The zero-order chi connectivity index (χ0) is 13.7. The number of likely N-dealkylation sites (N-methyl/N-ethyl adjacent to an activating group) is 1. The molecular weight excluding hydrogens is 232 g/mol. The molecule has 2 heteroatoms. The molecule has 0 radical (unpaired) electrons. The van der Waals surface area contributed by atoms with Crippen molar-refractivity contribution < 1.29 is 0 Å².